The number of benzene rings is 1. The number of nitrogens with zero attached hydrogens (tertiary/aromatic N) is 1. The maximum Gasteiger partial charge on any atom is 0.0998 e. The lowest BCUT2D eigenvalue weighted by molar-refractivity contribution is 1.17. The molecule has 1 aromatic heterocycles. The van der Waals surface area contributed by atoms with E-state index in [9.17, 15) is 0 Å². The first-order valence-electron chi connectivity index (χ1n) is 4.67. The largest absolute Gasteiger partial charge is 0.192 e. The first-order chi connectivity index (χ1) is 6.77. The quantitative estimate of drug-likeness (QED) is 0.691. The zero-order valence-electron chi connectivity index (χ0n) is 8.29. The van der Waals surface area contributed by atoms with Gasteiger partial charge in [-0.3, -0.25) is 0 Å². The van der Waals surface area contributed by atoms with E-state index in [2.05, 4.69) is 25.3 Å². The van der Waals surface area contributed by atoms with E-state index in [1.54, 1.807) is 11.3 Å². The van der Waals surface area contributed by atoms with Crippen molar-refractivity contribution >= 4 is 21.4 Å². The van der Waals surface area contributed by atoms with Gasteiger partial charge in [0.2, 0.25) is 0 Å². The van der Waals surface area contributed by atoms with E-state index in [1.807, 2.05) is 12.1 Å². The van der Waals surface area contributed by atoms with Gasteiger partial charge in [0.15, 0.2) is 0 Å². The van der Waals surface area contributed by atoms with E-state index in [0.29, 0.717) is 0 Å². The first kappa shape index (κ1) is 9.23. The average Bonchev–Trinajstić information content (AvgIpc) is 2.63. The molecule has 1 nitrogen and oxygen atoms in total. The molecule has 0 unspecified atom stereocenters. The Morgan fingerprint density at radius 2 is 2.21 bits per heavy atom. The van der Waals surface area contributed by atoms with Gasteiger partial charge in [-0.2, -0.15) is 5.26 Å². The molecule has 0 saturated heterocycles. The highest BCUT2D eigenvalue weighted by Gasteiger charge is 2.08. The van der Waals surface area contributed by atoms with Crippen LogP contribution in [0.2, 0.25) is 0 Å². The zero-order chi connectivity index (χ0) is 10.1. The lowest BCUT2D eigenvalue weighted by Gasteiger charge is -1.99. The number of rotatable bonds is 1. The summed E-state index contributed by atoms with van der Waals surface area (Å²) in [7, 11) is 0. The van der Waals surface area contributed by atoms with Crippen LogP contribution in [0.15, 0.2) is 17.5 Å². The monoisotopic (exact) mass is 201 g/mol. The summed E-state index contributed by atoms with van der Waals surface area (Å²) in [5, 5.41) is 12.4. The van der Waals surface area contributed by atoms with Gasteiger partial charge < -0.3 is 0 Å². The Kier molecular flexibility index (Phi) is 2.26. The fraction of sp³-hybridized carbons (Fsp3) is 0.250. The summed E-state index contributed by atoms with van der Waals surface area (Å²) < 4.78 is 1.26. The predicted molar refractivity (Wildman–Crippen MR) is 60.7 cm³/mol. The Hall–Kier alpha value is -1.33. The fourth-order valence-corrected chi connectivity index (χ4v) is 2.86. The van der Waals surface area contributed by atoms with Crippen LogP contribution >= 0.6 is 11.3 Å². The van der Waals surface area contributed by atoms with Crippen LogP contribution in [0.5, 0.6) is 0 Å². The molecule has 2 rings (SSSR count). The van der Waals surface area contributed by atoms with Crippen molar-refractivity contribution in [2.45, 2.75) is 20.3 Å². The van der Waals surface area contributed by atoms with Crippen molar-refractivity contribution in [1.29, 1.82) is 5.26 Å². The summed E-state index contributed by atoms with van der Waals surface area (Å²) in [6.07, 6.45) is 0.998. The third kappa shape index (κ3) is 1.21. The summed E-state index contributed by atoms with van der Waals surface area (Å²) in [5.41, 5.74) is 3.37. The first-order valence-corrected chi connectivity index (χ1v) is 5.55. The summed E-state index contributed by atoms with van der Waals surface area (Å²) in [6.45, 7) is 4.23. The second-order valence-corrected chi connectivity index (χ2v) is 4.24. The number of hydrogen-bond acceptors (Lipinski definition) is 2. The minimum absolute atomic E-state index is 0.809. The van der Waals surface area contributed by atoms with E-state index < -0.39 is 0 Å². The molecule has 14 heavy (non-hydrogen) atoms. The number of hydrogen-bond donors (Lipinski definition) is 0. The van der Waals surface area contributed by atoms with Crippen molar-refractivity contribution in [3.63, 3.8) is 0 Å². The second kappa shape index (κ2) is 3.43. The number of thiophene rings is 1. The van der Waals surface area contributed by atoms with Gasteiger partial charge in [0.05, 0.1) is 11.6 Å². The molecule has 0 bridgehead atoms. The van der Waals surface area contributed by atoms with Crippen molar-refractivity contribution < 1.29 is 0 Å². The van der Waals surface area contributed by atoms with Crippen LogP contribution < -0.4 is 0 Å². The molecule has 0 aliphatic heterocycles. The number of fused-ring (bicyclic) bond motifs is 1. The van der Waals surface area contributed by atoms with Crippen LogP contribution in [0, 0.1) is 18.3 Å². The molecule has 1 aromatic carbocycles. The van der Waals surface area contributed by atoms with Crippen LogP contribution in [0.4, 0.5) is 0 Å². The molecule has 2 heteroatoms. The molecule has 0 N–H and O–H groups in total. The summed E-state index contributed by atoms with van der Waals surface area (Å²) in [5.74, 6) is 0. The van der Waals surface area contributed by atoms with Crippen LogP contribution in [0.25, 0.3) is 10.1 Å². The molecular formula is C12H11NS. The van der Waals surface area contributed by atoms with E-state index in [4.69, 9.17) is 5.26 Å². The Morgan fingerprint density at radius 3 is 2.86 bits per heavy atom. The van der Waals surface area contributed by atoms with Crippen LogP contribution in [-0.4, -0.2) is 0 Å². The molecule has 0 aliphatic rings. The van der Waals surface area contributed by atoms with Gasteiger partial charge in [-0.05, 0) is 35.9 Å². The molecule has 0 amide bonds. The van der Waals surface area contributed by atoms with Crippen molar-refractivity contribution in [3.8, 4) is 6.07 Å². The maximum atomic E-state index is 9.02. The van der Waals surface area contributed by atoms with Crippen molar-refractivity contribution in [3.05, 3.63) is 34.2 Å². The van der Waals surface area contributed by atoms with Crippen LogP contribution in [-0.2, 0) is 6.42 Å². The molecule has 1 heterocycles. The van der Waals surface area contributed by atoms with Crippen molar-refractivity contribution in [2.24, 2.45) is 0 Å². The summed E-state index contributed by atoms with van der Waals surface area (Å²) in [6, 6.07) is 6.21. The topological polar surface area (TPSA) is 23.8 Å². The Labute approximate surface area is 87.6 Å². The Bertz CT molecular complexity index is 517. The highest BCUT2D eigenvalue weighted by molar-refractivity contribution is 7.17. The highest BCUT2D eigenvalue weighted by atomic mass is 32.1. The van der Waals surface area contributed by atoms with Gasteiger partial charge in [0.25, 0.3) is 0 Å². The van der Waals surface area contributed by atoms with Gasteiger partial charge in [-0.15, -0.1) is 11.3 Å². The normalized spacial score (nSPS) is 10.4. The molecule has 0 spiro atoms. The third-order valence-corrected chi connectivity index (χ3v) is 3.66. The van der Waals surface area contributed by atoms with Crippen molar-refractivity contribution in [2.75, 3.05) is 0 Å². The van der Waals surface area contributed by atoms with Crippen molar-refractivity contribution in [1.82, 2.24) is 0 Å². The smallest absolute Gasteiger partial charge is 0.0998 e. The zero-order valence-corrected chi connectivity index (χ0v) is 9.11. The van der Waals surface area contributed by atoms with Gasteiger partial charge in [0, 0.05) is 10.1 Å². The SMILES string of the molecule is CCc1csc2c(C)ccc(C#N)c12. The highest BCUT2D eigenvalue weighted by Crippen LogP contribution is 2.31. The van der Waals surface area contributed by atoms with Crippen LogP contribution in [0.1, 0.15) is 23.6 Å². The molecule has 0 aliphatic carbocycles. The lowest BCUT2D eigenvalue weighted by atomic mass is 10.0. The van der Waals surface area contributed by atoms with E-state index in [1.165, 1.54) is 21.2 Å². The maximum absolute atomic E-state index is 9.02. The molecular weight excluding hydrogens is 190 g/mol. The van der Waals surface area contributed by atoms with Gasteiger partial charge in [0.1, 0.15) is 0 Å². The van der Waals surface area contributed by atoms with Crippen LogP contribution in [0.3, 0.4) is 0 Å². The number of aryl methyl sites for hydroxylation is 2. The second-order valence-electron chi connectivity index (χ2n) is 3.36. The molecule has 0 atom stereocenters. The van der Waals surface area contributed by atoms with E-state index >= 15 is 0 Å². The number of nitriles is 1. The van der Waals surface area contributed by atoms with Gasteiger partial charge in [-0.1, -0.05) is 13.0 Å². The average molecular weight is 201 g/mol. The minimum Gasteiger partial charge on any atom is -0.192 e. The summed E-state index contributed by atoms with van der Waals surface area (Å²) >= 11 is 1.74. The summed E-state index contributed by atoms with van der Waals surface area (Å²) in [4.78, 5) is 0. The third-order valence-electron chi connectivity index (χ3n) is 2.50. The minimum atomic E-state index is 0.809. The standard InChI is InChI=1S/C12H11NS/c1-3-9-7-14-12-8(2)4-5-10(6-13)11(9)12/h4-5,7H,3H2,1-2H3. The molecule has 0 radical (unpaired) electrons. The van der Waals surface area contributed by atoms with Gasteiger partial charge >= 0.3 is 0 Å². The molecule has 0 fully saturated rings. The predicted octanol–water partition coefficient (Wildman–Crippen LogP) is 3.64. The molecule has 0 saturated carbocycles. The Balaban J connectivity index is 2.90. The van der Waals surface area contributed by atoms with Gasteiger partial charge in [-0.25, -0.2) is 0 Å². The van der Waals surface area contributed by atoms with E-state index in [0.717, 1.165) is 12.0 Å². The molecule has 70 valence electrons. The lowest BCUT2D eigenvalue weighted by Crippen LogP contribution is -1.83. The van der Waals surface area contributed by atoms with E-state index in [-0.39, 0.29) is 0 Å². The fourth-order valence-electron chi connectivity index (χ4n) is 1.70. The Morgan fingerprint density at radius 1 is 1.43 bits per heavy atom. The molecule has 2 aromatic rings.